The summed E-state index contributed by atoms with van der Waals surface area (Å²) < 4.78 is 0.719. The molecule has 2 rings (SSSR count). The quantitative estimate of drug-likeness (QED) is 0.609. The Balaban J connectivity index is 2.60. The summed E-state index contributed by atoms with van der Waals surface area (Å²) in [5.74, 6) is -1.21. The molecular formula is C6H4N4O4S. The summed E-state index contributed by atoms with van der Waals surface area (Å²) in [4.78, 5) is 36.4. The molecule has 0 atom stereocenters. The van der Waals surface area contributed by atoms with Crippen LogP contribution in [0.15, 0.2) is 15.0 Å². The first-order chi connectivity index (χ1) is 7.09. The van der Waals surface area contributed by atoms with Crippen LogP contribution in [0.25, 0.3) is 5.13 Å². The summed E-state index contributed by atoms with van der Waals surface area (Å²) in [6, 6.07) is 0. The number of nitrogens with zero attached hydrogens (tertiary/aromatic N) is 2. The fourth-order valence-electron chi connectivity index (χ4n) is 0.950. The van der Waals surface area contributed by atoms with E-state index in [4.69, 9.17) is 5.11 Å². The maximum absolute atomic E-state index is 11.1. The monoisotopic (exact) mass is 228 g/mol. The maximum atomic E-state index is 11.1. The summed E-state index contributed by atoms with van der Waals surface area (Å²) >= 11 is 0.895. The van der Waals surface area contributed by atoms with Crippen molar-refractivity contribution in [1.82, 2.24) is 19.7 Å². The smallest absolute Gasteiger partial charge is 0.355 e. The molecule has 2 aromatic rings. The van der Waals surface area contributed by atoms with Crippen molar-refractivity contribution in [2.75, 3.05) is 0 Å². The fraction of sp³-hybridized carbons (Fsp3) is 0. The summed E-state index contributed by atoms with van der Waals surface area (Å²) in [5, 5.41) is 14.0. The standard InChI is InChI=1S/C6H4N4O4S/c11-3(12)2-1-15-6(7-2)10-4(13)8-9-5(10)14/h1H,(H,8,13)(H,9,14)(H,11,12). The predicted molar refractivity (Wildman–Crippen MR) is 49.6 cm³/mol. The number of aromatic nitrogens is 4. The highest BCUT2D eigenvalue weighted by atomic mass is 32.1. The Morgan fingerprint density at radius 3 is 2.47 bits per heavy atom. The van der Waals surface area contributed by atoms with Crippen LogP contribution in [0, 0.1) is 0 Å². The van der Waals surface area contributed by atoms with Crippen LogP contribution < -0.4 is 11.4 Å². The van der Waals surface area contributed by atoms with Gasteiger partial charge in [0.1, 0.15) is 0 Å². The lowest BCUT2D eigenvalue weighted by atomic mass is 10.5. The zero-order chi connectivity index (χ0) is 11.0. The van der Waals surface area contributed by atoms with Crippen LogP contribution in [0.3, 0.4) is 0 Å². The minimum absolute atomic E-state index is 0.0138. The molecule has 15 heavy (non-hydrogen) atoms. The van der Waals surface area contributed by atoms with Crippen molar-refractivity contribution >= 4 is 17.3 Å². The van der Waals surface area contributed by atoms with Gasteiger partial charge < -0.3 is 5.11 Å². The van der Waals surface area contributed by atoms with Gasteiger partial charge in [-0.2, -0.15) is 4.57 Å². The first kappa shape index (κ1) is 9.40. The largest absolute Gasteiger partial charge is 0.476 e. The molecule has 0 unspecified atom stereocenters. The molecule has 0 fully saturated rings. The number of rotatable bonds is 2. The van der Waals surface area contributed by atoms with Gasteiger partial charge in [0.25, 0.3) is 0 Å². The molecule has 0 saturated heterocycles. The average molecular weight is 228 g/mol. The van der Waals surface area contributed by atoms with Gasteiger partial charge in [-0.05, 0) is 0 Å². The van der Waals surface area contributed by atoms with E-state index in [1.165, 1.54) is 5.38 Å². The highest BCUT2D eigenvalue weighted by molar-refractivity contribution is 7.12. The van der Waals surface area contributed by atoms with Crippen LogP contribution in [0.2, 0.25) is 0 Å². The third-order valence-corrected chi connectivity index (χ3v) is 2.41. The lowest BCUT2D eigenvalue weighted by molar-refractivity contribution is 0.0691. The van der Waals surface area contributed by atoms with E-state index in [1.54, 1.807) is 0 Å². The first-order valence-electron chi connectivity index (χ1n) is 3.68. The van der Waals surface area contributed by atoms with Gasteiger partial charge in [0.05, 0.1) is 0 Å². The summed E-state index contributed by atoms with van der Waals surface area (Å²) in [6.07, 6.45) is 0. The molecule has 8 nitrogen and oxygen atoms in total. The number of thiazole rings is 1. The molecule has 2 heterocycles. The van der Waals surface area contributed by atoms with Crippen molar-refractivity contribution in [1.29, 1.82) is 0 Å². The third kappa shape index (κ3) is 1.48. The summed E-state index contributed by atoms with van der Waals surface area (Å²) in [7, 11) is 0. The Bertz CT molecular complexity index is 590. The second kappa shape index (κ2) is 3.20. The molecule has 0 radical (unpaired) electrons. The number of carbonyl (C=O) groups is 1. The topological polar surface area (TPSA) is 121 Å². The molecule has 0 saturated carbocycles. The number of aromatic carboxylic acids is 1. The van der Waals surface area contributed by atoms with Crippen LogP contribution in [0.1, 0.15) is 10.5 Å². The van der Waals surface area contributed by atoms with Crippen molar-refractivity contribution < 1.29 is 9.90 Å². The molecule has 0 aliphatic heterocycles. The molecule has 0 aliphatic carbocycles. The minimum Gasteiger partial charge on any atom is -0.476 e. The van der Waals surface area contributed by atoms with Crippen LogP contribution in [-0.2, 0) is 0 Å². The van der Waals surface area contributed by atoms with E-state index in [-0.39, 0.29) is 10.8 Å². The number of hydrogen-bond donors (Lipinski definition) is 3. The highest BCUT2D eigenvalue weighted by Gasteiger charge is 2.13. The van der Waals surface area contributed by atoms with Crippen molar-refractivity contribution in [3.8, 4) is 5.13 Å². The number of carboxylic acids is 1. The van der Waals surface area contributed by atoms with E-state index in [0.29, 0.717) is 0 Å². The molecule has 0 amide bonds. The molecule has 0 bridgehead atoms. The Labute approximate surface area is 84.8 Å². The van der Waals surface area contributed by atoms with E-state index in [0.717, 1.165) is 15.9 Å². The van der Waals surface area contributed by atoms with Gasteiger partial charge in [0, 0.05) is 5.38 Å². The normalized spacial score (nSPS) is 10.4. The molecule has 9 heteroatoms. The van der Waals surface area contributed by atoms with Crippen molar-refractivity contribution in [2.45, 2.75) is 0 Å². The average Bonchev–Trinajstić information content (AvgIpc) is 2.73. The number of carboxylic acid groups (broad SMARTS) is 1. The molecule has 0 aromatic carbocycles. The molecule has 78 valence electrons. The summed E-state index contributed by atoms with van der Waals surface area (Å²) in [6.45, 7) is 0. The lowest BCUT2D eigenvalue weighted by Gasteiger charge is -1.88. The lowest BCUT2D eigenvalue weighted by Crippen LogP contribution is -2.24. The second-order valence-corrected chi connectivity index (χ2v) is 3.35. The number of H-pyrrole nitrogens is 2. The maximum Gasteiger partial charge on any atom is 0.355 e. The fourth-order valence-corrected chi connectivity index (χ4v) is 1.74. The van der Waals surface area contributed by atoms with Gasteiger partial charge in [-0.3, -0.25) is 0 Å². The second-order valence-electron chi connectivity index (χ2n) is 2.52. The van der Waals surface area contributed by atoms with Crippen LogP contribution in [0.5, 0.6) is 0 Å². The van der Waals surface area contributed by atoms with Gasteiger partial charge in [-0.25, -0.2) is 29.6 Å². The Morgan fingerprint density at radius 1 is 1.40 bits per heavy atom. The predicted octanol–water partition coefficient (Wildman–Crippen LogP) is -0.991. The van der Waals surface area contributed by atoms with Gasteiger partial charge in [0.2, 0.25) is 5.13 Å². The van der Waals surface area contributed by atoms with Gasteiger partial charge >= 0.3 is 17.3 Å². The summed E-state index contributed by atoms with van der Waals surface area (Å²) in [5.41, 5.74) is -1.58. The van der Waals surface area contributed by atoms with E-state index >= 15 is 0 Å². The van der Waals surface area contributed by atoms with Crippen LogP contribution in [0.4, 0.5) is 0 Å². The van der Waals surface area contributed by atoms with Gasteiger partial charge in [-0.15, -0.1) is 11.3 Å². The molecule has 0 aliphatic rings. The van der Waals surface area contributed by atoms with E-state index < -0.39 is 17.3 Å². The van der Waals surface area contributed by atoms with Crippen molar-refractivity contribution in [3.05, 3.63) is 32.0 Å². The molecular weight excluding hydrogens is 224 g/mol. The highest BCUT2D eigenvalue weighted by Crippen LogP contribution is 2.11. The van der Waals surface area contributed by atoms with E-state index in [2.05, 4.69) is 15.2 Å². The molecule has 2 aromatic heterocycles. The first-order valence-corrected chi connectivity index (χ1v) is 4.56. The van der Waals surface area contributed by atoms with E-state index in [9.17, 15) is 14.4 Å². The minimum atomic E-state index is -1.21. The van der Waals surface area contributed by atoms with Gasteiger partial charge in [0.15, 0.2) is 5.69 Å². The number of nitrogens with one attached hydrogen (secondary N) is 2. The van der Waals surface area contributed by atoms with E-state index in [1.807, 2.05) is 0 Å². The SMILES string of the molecule is O=C(O)c1csc(-n2c(=O)[nH][nH]c2=O)n1. The molecule has 0 spiro atoms. The number of aromatic amines is 2. The third-order valence-electron chi connectivity index (χ3n) is 1.59. The Hall–Kier alpha value is -2.16. The van der Waals surface area contributed by atoms with Crippen LogP contribution in [-0.4, -0.2) is 30.8 Å². The zero-order valence-electron chi connectivity index (χ0n) is 7.05. The Kier molecular flexibility index (Phi) is 2.01. The zero-order valence-corrected chi connectivity index (χ0v) is 7.87. The molecule has 3 N–H and O–H groups in total. The van der Waals surface area contributed by atoms with Crippen molar-refractivity contribution in [3.63, 3.8) is 0 Å². The van der Waals surface area contributed by atoms with Gasteiger partial charge in [-0.1, -0.05) is 0 Å². The van der Waals surface area contributed by atoms with Crippen molar-refractivity contribution in [2.24, 2.45) is 0 Å². The number of hydrogen-bond acceptors (Lipinski definition) is 5. The Morgan fingerprint density at radius 2 is 2.00 bits per heavy atom. The van der Waals surface area contributed by atoms with Crippen LogP contribution >= 0.6 is 11.3 Å².